The number of carbonyl (C=O) groups is 1. The number of rotatable bonds is 6. The molecule has 0 spiro atoms. The Balaban J connectivity index is 1.35. The topological polar surface area (TPSA) is 44.1 Å². The van der Waals surface area contributed by atoms with Crippen molar-refractivity contribution in [2.24, 2.45) is 0 Å². The first-order valence-electron chi connectivity index (χ1n) is 11.9. The fourth-order valence-electron chi connectivity index (χ4n) is 4.73. The molecule has 0 unspecified atom stereocenters. The maximum Gasteiger partial charge on any atom is 0.185 e. The minimum Gasteiger partial charge on any atom is -0.497 e. The fraction of sp³-hybridized carbons (Fsp3) is 0.0625. The number of aromatic nitrogens is 2. The van der Waals surface area contributed by atoms with Crippen molar-refractivity contribution >= 4 is 11.9 Å². The zero-order chi connectivity index (χ0) is 24.5. The summed E-state index contributed by atoms with van der Waals surface area (Å²) in [5.74, 6) is 0.752. The van der Waals surface area contributed by atoms with Gasteiger partial charge in [0.25, 0.3) is 0 Å². The highest BCUT2D eigenvalue weighted by Gasteiger charge is 2.19. The minimum absolute atomic E-state index is 0.0321. The molecule has 1 aliphatic rings. The number of allylic oxidation sites excluding steroid dienone is 1. The summed E-state index contributed by atoms with van der Waals surface area (Å²) in [4.78, 5) is 13.2. The van der Waals surface area contributed by atoms with E-state index in [4.69, 9.17) is 9.84 Å². The first-order chi connectivity index (χ1) is 17.7. The standard InChI is InChI=1S/C32H24N2O2/c1-36-28-16-13-22(14-17-28)32-26(21-34(33-32)27-8-3-2-4-9-27)15-18-31(35)25-12-11-24-19-23-7-5-6-10-29(23)30(24)20-25/h2-18,20-21H,19H2,1H3/b18-15+. The van der Waals surface area contributed by atoms with E-state index in [2.05, 4.69) is 24.3 Å². The number of carbonyl (C=O) groups excluding carboxylic acids is 1. The second kappa shape index (κ2) is 9.16. The fourth-order valence-corrected chi connectivity index (χ4v) is 4.73. The average molecular weight is 469 g/mol. The molecule has 0 bridgehead atoms. The van der Waals surface area contributed by atoms with E-state index >= 15 is 0 Å². The van der Waals surface area contributed by atoms with Gasteiger partial charge in [-0.15, -0.1) is 0 Å². The summed E-state index contributed by atoms with van der Waals surface area (Å²) < 4.78 is 7.15. The number of hydrogen-bond donors (Lipinski definition) is 0. The van der Waals surface area contributed by atoms with Crippen LogP contribution in [0.3, 0.4) is 0 Å². The molecule has 36 heavy (non-hydrogen) atoms. The highest BCUT2D eigenvalue weighted by molar-refractivity contribution is 6.08. The van der Waals surface area contributed by atoms with Gasteiger partial charge in [-0.3, -0.25) is 4.79 Å². The van der Waals surface area contributed by atoms with Crippen molar-refractivity contribution in [3.63, 3.8) is 0 Å². The van der Waals surface area contributed by atoms with Gasteiger partial charge in [-0.05, 0) is 83.3 Å². The highest BCUT2D eigenvalue weighted by Crippen LogP contribution is 2.37. The van der Waals surface area contributed by atoms with Crippen LogP contribution >= 0.6 is 0 Å². The van der Waals surface area contributed by atoms with Crippen LogP contribution in [0.5, 0.6) is 5.75 Å². The smallest absolute Gasteiger partial charge is 0.185 e. The Hall–Kier alpha value is -4.70. The number of methoxy groups -OCH3 is 1. The van der Waals surface area contributed by atoms with Crippen LogP contribution in [-0.2, 0) is 6.42 Å². The highest BCUT2D eigenvalue weighted by atomic mass is 16.5. The minimum atomic E-state index is -0.0321. The van der Waals surface area contributed by atoms with Crippen LogP contribution in [0.1, 0.15) is 27.0 Å². The third-order valence-corrected chi connectivity index (χ3v) is 6.62. The Kier molecular flexibility index (Phi) is 5.55. The summed E-state index contributed by atoms with van der Waals surface area (Å²) in [6.45, 7) is 0. The van der Waals surface area contributed by atoms with Gasteiger partial charge >= 0.3 is 0 Å². The van der Waals surface area contributed by atoms with Crippen LogP contribution in [-0.4, -0.2) is 22.7 Å². The van der Waals surface area contributed by atoms with E-state index in [0.29, 0.717) is 5.56 Å². The van der Waals surface area contributed by atoms with Gasteiger partial charge in [-0.2, -0.15) is 5.10 Å². The van der Waals surface area contributed by atoms with E-state index in [1.165, 1.54) is 16.7 Å². The SMILES string of the molecule is COc1ccc(-c2nn(-c3ccccc3)cc2/C=C/C(=O)c2ccc3c(c2)-c2ccccc2C3)cc1. The molecular weight excluding hydrogens is 444 g/mol. The number of ether oxygens (including phenoxy) is 1. The van der Waals surface area contributed by atoms with E-state index in [1.54, 1.807) is 13.2 Å². The molecule has 0 radical (unpaired) electrons. The number of ketones is 1. The Bertz CT molecular complexity index is 1600. The summed E-state index contributed by atoms with van der Waals surface area (Å²) in [6, 6.07) is 32.2. The number of nitrogens with zero attached hydrogens (tertiary/aromatic N) is 2. The van der Waals surface area contributed by atoms with Gasteiger partial charge in [-0.1, -0.05) is 54.6 Å². The molecule has 4 aromatic carbocycles. The van der Waals surface area contributed by atoms with E-state index in [0.717, 1.165) is 40.2 Å². The Morgan fingerprint density at radius 2 is 1.61 bits per heavy atom. The van der Waals surface area contributed by atoms with Crippen molar-refractivity contribution in [1.82, 2.24) is 9.78 Å². The molecule has 4 nitrogen and oxygen atoms in total. The van der Waals surface area contributed by atoms with Crippen molar-refractivity contribution in [3.8, 4) is 33.8 Å². The molecule has 1 aromatic heterocycles. The second-order valence-corrected chi connectivity index (χ2v) is 8.85. The van der Waals surface area contributed by atoms with Gasteiger partial charge in [-0.25, -0.2) is 4.68 Å². The molecule has 5 aromatic rings. The third-order valence-electron chi connectivity index (χ3n) is 6.62. The van der Waals surface area contributed by atoms with Gasteiger partial charge in [0.2, 0.25) is 0 Å². The number of fused-ring (bicyclic) bond motifs is 3. The van der Waals surface area contributed by atoms with Gasteiger partial charge in [0.05, 0.1) is 18.5 Å². The van der Waals surface area contributed by atoms with Crippen molar-refractivity contribution in [1.29, 1.82) is 0 Å². The van der Waals surface area contributed by atoms with Crippen LogP contribution < -0.4 is 4.74 Å². The molecule has 174 valence electrons. The lowest BCUT2D eigenvalue weighted by Crippen LogP contribution is -1.95. The quantitative estimate of drug-likeness (QED) is 0.195. The molecule has 0 N–H and O–H groups in total. The van der Waals surface area contributed by atoms with Crippen LogP contribution in [0, 0.1) is 0 Å². The second-order valence-electron chi connectivity index (χ2n) is 8.85. The summed E-state index contributed by atoms with van der Waals surface area (Å²) >= 11 is 0. The van der Waals surface area contributed by atoms with Crippen molar-refractivity contribution in [3.05, 3.63) is 132 Å². The van der Waals surface area contributed by atoms with E-state index in [-0.39, 0.29) is 5.78 Å². The lowest BCUT2D eigenvalue weighted by molar-refractivity contribution is 0.104. The molecule has 0 saturated heterocycles. The molecule has 0 fully saturated rings. The summed E-state index contributed by atoms with van der Waals surface area (Å²) in [5.41, 5.74) is 9.20. The number of benzene rings is 4. The summed E-state index contributed by atoms with van der Waals surface area (Å²) in [5, 5.41) is 4.84. The largest absolute Gasteiger partial charge is 0.497 e. The Labute approximate surface area is 210 Å². The zero-order valence-electron chi connectivity index (χ0n) is 19.9. The Morgan fingerprint density at radius 3 is 2.42 bits per heavy atom. The molecule has 1 aliphatic carbocycles. The molecule has 1 heterocycles. The van der Waals surface area contributed by atoms with Crippen LogP contribution in [0.4, 0.5) is 0 Å². The molecular formula is C32H24N2O2. The van der Waals surface area contributed by atoms with E-state index in [1.807, 2.05) is 89.8 Å². The Morgan fingerprint density at radius 1 is 0.861 bits per heavy atom. The average Bonchev–Trinajstić information content (AvgIpc) is 3.53. The maximum atomic E-state index is 13.2. The van der Waals surface area contributed by atoms with Gasteiger partial charge in [0, 0.05) is 22.9 Å². The summed E-state index contributed by atoms with van der Waals surface area (Å²) in [6.07, 6.45) is 6.37. The first-order valence-corrected chi connectivity index (χ1v) is 11.9. The third kappa shape index (κ3) is 4.03. The predicted octanol–water partition coefficient (Wildman–Crippen LogP) is 7.02. The molecule has 0 saturated carbocycles. The van der Waals surface area contributed by atoms with Crippen LogP contribution in [0.2, 0.25) is 0 Å². The van der Waals surface area contributed by atoms with E-state index < -0.39 is 0 Å². The zero-order valence-corrected chi connectivity index (χ0v) is 19.9. The molecule has 0 atom stereocenters. The summed E-state index contributed by atoms with van der Waals surface area (Å²) in [7, 11) is 1.65. The molecule has 0 aliphatic heterocycles. The van der Waals surface area contributed by atoms with Gasteiger partial charge in [0.1, 0.15) is 5.75 Å². The van der Waals surface area contributed by atoms with Crippen LogP contribution in [0.15, 0.2) is 109 Å². The molecule has 0 amide bonds. The molecule has 4 heteroatoms. The van der Waals surface area contributed by atoms with Crippen LogP contribution in [0.25, 0.3) is 34.1 Å². The van der Waals surface area contributed by atoms with Crippen molar-refractivity contribution < 1.29 is 9.53 Å². The van der Waals surface area contributed by atoms with Crippen molar-refractivity contribution in [2.45, 2.75) is 6.42 Å². The number of para-hydroxylation sites is 1. The maximum absolute atomic E-state index is 13.2. The van der Waals surface area contributed by atoms with E-state index in [9.17, 15) is 4.79 Å². The lowest BCUT2D eigenvalue weighted by Gasteiger charge is -2.04. The lowest BCUT2D eigenvalue weighted by atomic mass is 10.0. The predicted molar refractivity (Wildman–Crippen MR) is 144 cm³/mol. The van der Waals surface area contributed by atoms with Gasteiger partial charge < -0.3 is 4.74 Å². The number of hydrogen-bond acceptors (Lipinski definition) is 3. The normalized spacial score (nSPS) is 11.9. The molecule has 6 rings (SSSR count). The van der Waals surface area contributed by atoms with Crippen molar-refractivity contribution in [2.75, 3.05) is 7.11 Å². The first kappa shape index (κ1) is 21.8. The van der Waals surface area contributed by atoms with Gasteiger partial charge in [0.15, 0.2) is 5.78 Å². The monoisotopic (exact) mass is 468 g/mol.